The van der Waals surface area contributed by atoms with Crippen LogP contribution in [-0.4, -0.2) is 45.0 Å². The molecule has 0 radical (unpaired) electrons. The van der Waals surface area contributed by atoms with Gasteiger partial charge in [0.25, 0.3) is 0 Å². The second kappa shape index (κ2) is 8.69. The number of sulfonamides is 1. The van der Waals surface area contributed by atoms with Crippen LogP contribution >= 0.6 is 11.6 Å². The van der Waals surface area contributed by atoms with E-state index in [4.69, 9.17) is 21.1 Å². The van der Waals surface area contributed by atoms with E-state index in [0.717, 1.165) is 10.4 Å². The van der Waals surface area contributed by atoms with E-state index in [0.29, 0.717) is 5.02 Å². The summed E-state index contributed by atoms with van der Waals surface area (Å²) in [5.74, 6) is -1.09. The van der Waals surface area contributed by atoms with Crippen LogP contribution in [0, 0.1) is 5.82 Å². The molecule has 0 atom stereocenters. The van der Waals surface area contributed by atoms with Crippen LogP contribution in [0.2, 0.25) is 5.02 Å². The molecule has 158 valence electrons. The first kappa shape index (κ1) is 23.1. The maximum absolute atomic E-state index is 14.6. The van der Waals surface area contributed by atoms with Gasteiger partial charge in [-0.25, -0.2) is 21.9 Å². The second-order valence-corrected chi connectivity index (χ2v) is 10.0. The van der Waals surface area contributed by atoms with Crippen LogP contribution in [0.4, 0.5) is 4.39 Å². The fraction of sp³-hybridized carbons (Fsp3) is 0.350. The highest BCUT2D eigenvalue weighted by Crippen LogP contribution is 2.36. The minimum absolute atomic E-state index is 0.0189. The van der Waals surface area contributed by atoms with Gasteiger partial charge in [-0.1, -0.05) is 11.6 Å². The predicted octanol–water partition coefficient (Wildman–Crippen LogP) is 4.12. The Balaban J connectivity index is 2.45. The Hall–Kier alpha value is -2.16. The van der Waals surface area contributed by atoms with Crippen LogP contribution < -0.4 is 4.74 Å². The number of halogens is 2. The zero-order valence-corrected chi connectivity index (χ0v) is 18.4. The molecule has 2 aromatic rings. The molecule has 0 fully saturated rings. The van der Waals surface area contributed by atoms with Gasteiger partial charge in [0, 0.05) is 30.2 Å². The van der Waals surface area contributed by atoms with Crippen molar-refractivity contribution >= 4 is 27.6 Å². The van der Waals surface area contributed by atoms with Crippen LogP contribution in [0.25, 0.3) is 11.1 Å². The molecule has 9 heteroatoms. The summed E-state index contributed by atoms with van der Waals surface area (Å²) < 4.78 is 51.1. The van der Waals surface area contributed by atoms with E-state index < -0.39 is 34.0 Å². The van der Waals surface area contributed by atoms with Crippen LogP contribution in [0.1, 0.15) is 20.8 Å². The van der Waals surface area contributed by atoms with Crippen LogP contribution in [0.5, 0.6) is 5.75 Å². The predicted molar refractivity (Wildman–Crippen MR) is 109 cm³/mol. The summed E-state index contributed by atoms with van der Waals surface area (Å²) in [6.07, 6.45) is 0. The summed E-state index contributed by atoms with van der Waals surface area (Å²) in [6.45, 7) is 4.78. The van der Waals surface area contributed by atoms with E-state index in [1.54, 1.807) is 20.8 Å². The van der Waals surface area contributed by atoms with Gasteiger partial charge in [-0.05, 0) is 57.2 Å². The lowest BCUT2D eigenvalue weighted by molar-refractivity contribution is -0.157. The van der Waals surface area contributed by atoms with Gasteiger partial charge in [0.15, 0.2) is 6.61 Å². The van der Waals surface area contributed by atoms with Crippen LogP contribution in [0.15, 0.2) is 41.3 Å². The molecular weight excluding hydrogens is 421 g/mol. The smallest absolute Gasteiger partial charge is 0.344 e. The molecule has 0 heterocycles. The molecule has 0 spiro atoms. The van der Waals surface area contributed by atoms with E-state index >= 15 is 0 Å². The number of ether oxygens (including phenoxy) is 2. The molecule has 0 saturated heterocycles. The number of nitrogens with zero attached hydrogens (tertiary/aromatic N) is 1. The first-order valence-electron chi connectivity index (χ1n) is 8.68. The molecule has 2 aromatic carbocycles. The highest BCUT2D eigenvalue weighted by molar-refractivity contribution is 7.89. The maximum atomic E-state index is 14.6. The lowest BCUT2D eigenvalue weighted by atomic mass is 10.0. The highest BCUT2D eigenvalue weighted by atomic mass is 35.5. The van der Waals surface area contributed by atoms with E-state index in [9.17, 15) is 17.6 Å². The molecule has 0 saturated carbocycles. The Kier molecular flexibility index (Phi) is 6.93. The van der Waals surface area contributed by atoms with E-state index in [1.165, 1.54) is 44.4 Å². The van der Waals surface area contributed by atoms with Gasteiger partial charge >= 0.3 is 5.97 Å². The number of carbonyl (C=O) groups excluding carboxylic acids is 1. The molecule has 6 nitrogen and oxygen atoms in total. The minimum atomic E-state index is -3.77. The van der Waals surface area contributed by atoms with E-state index in [-0.39, 0.29) is 21.8 Å². The average Bonchev–Trinajstić information content (AvgIpc) is 2.59. The fourth-order valence-corrected chi connectivity index (χ4v) is 3.53. The number of benzene rings is 2. The summed E-state index contributed by atoms with van der Waals surface area (Å²) in [4.78, 5) is 11.9. The molecule has 0 bridgehead atoms. The van der Waals surface area contributed by atoms with Gasteiger partial charge in [-0.3, -0.25) is 0 Å². The number of hydrogen-bond acceptors (Lipinski definition) is 5. The van der Waals surface area contributed by atoms with Crippen molar-refractivity contribution in [2.75, 3.05) is 20.7 Å². The van der Waals surface area contributed by atoms with Gasteiger partial charge in [0.1, 0.15) is 17.2 Å². The average molecular weight is 444 g/mol. The Morgan fingerprint density at radius 1 is 1.10 bits per heavy atom. The summed E-state index contributed by atoms with van der Waals surface area (Å²) in [5.41, 5.74) is -0.478. The third kappa shape index (κ3) is 5.91. The first-order chi connectivity index (χ1) is 13.3. The van der Waals surface area contributed by atoms with Gasteiger partial charge in [-0.2, -0.15) is 0 Å². The third-order valence-electron chi connectivity index (χ3n) is 3.71. The molecule has 0 aliphatic carbocycles. The summed E-state index contributed by atoms with van der Waals surface area (Å²) in [7, 11) is -1.01. The highest BCUT2D eigenvalue weighted by Gasteiger charge is 2.22. The molecule has 0 aliphatic rings. The normalized spacial score (nSPS) is 12.1. The van der Waals surface area contributed by atoms with Gasteiger partial charge in [-0.15, -0.1) is 0 Å². The minimum Gasteiger partial charge on any atom is -0.481 e. The lowest BCUT2D eigenvalue weighted by Gasteiger charge is -2.20. The number of carbonyl (C=O) groups is 1. The van der Waals surface area contributed by atoms with E-state index in [2.05, 4.69) is 0 Å². The second-order valence-electron chi connectivity index (χ2n) is 7.44. The number of esters is 1. The van der Waals surface area contributed by atoms with Crippen molar-refractivity contribution in [1.82, 2.24) is 4.31 Å². The summed E-state index contributed by atoms with van der Waals surface area (Å²) >= 11 is 6.05. The van der Waals surface area contributed by atoms with Crippen molar-refractivity contribution < 1.29 is 27.1 Å². The third-order valence-corrected chi connectivity index (χ3v) is 5.76. The zero-order valence-electron chi connectivity index (χ0n) is 16.8. The van der Waals surface area contributed by atoms with Crippen LogP contribution in [-0.2, 0) is 19.6 Å². The zero-order chi connectivity index (χ0) is 22.0. The topological polar surface area (TPSA) is 72.9 Å². The molecule has 29 heavy (non-hydrogen) atoms. The molecule has 0 aliphatic heterocycles. The molecule has 0 unspecified atom stereocenters. The maximum Gasteiger partial charge on any atom is 0.344 e. The van der Waals surface area contributed by atoms with Gasteiger partial charge in [0.2, 0.25) is 10.0 Å². The molecule has 0 amide bonds. The van der Waals surface area contributed by atoms with Crippen molar-refractivity contribution in [3.63, 3.8) is 0 Å². The van der Waals surface area contributed by atoms with Crippen molar-refractivity contribution in [1.29, 1.82) is 0 Å². The van der Waals surface area contributed by atoms with Crippen molar-refractivity contribution in [2.24, 2.45) is 0 Å². The SMILES string of the molecule is CN(C)S(=O)(=O)c1ccc(F)c(-c2cc(Cl)ccc2OCC(=O)OC(C)(C)C)c1. The van der Waals surface area contributed by atoms with Crippen molar-refractivity contribution in [3.05, 3.63) is 47.2 Å². The largest absolute Gasteiger partial charge is 0.481 e. The van der Waals surface area contributed by atoms with Crippen molar-refractivity contribution in [3.8, 4) is 16.9 Å². The van der Waals surface area contributed by atoms with E-state index in [1.807, 2.05) is 0 Å². The number of rotatable bonds is 6. The summed E-state index contributed by atoms with van der Waals surface area (Å²) in [6, 6.07) is 7.89. The van der Waals surface area contributed by atoms with Crippen molar-refractivity contribution in [2.45, 2.75) is 31.3 Å². The van der Waals surface area contributed by atoms with Gasteiger partial charge < -0.3 is 9.47 Å². The lowest BCUT2D eigenvalue weighted by Crippen LogP contribution is -2.27. The molecule has 0 aromatic heterocycles. The Labute approximate surface area is 175 Å². The Morgan fingerprint density at radius 2 is 1.76 bits per heavy atom. The standard InChI is InChI=1S/C20H23ClFNO5S/c1-20(2,3)28-19(24)12-27-18-9-6-13(21)10-16(18)15-11-14(7-8-17(15)22)29(25,26)23(4)5/h6-11H,12H2,1-5H3. The fourth-order valence-electron chi connectivity index (χ4n) is 2.43. The monoisotopic (exact) mass is 443 g/mol. The van der Waals surface area contributed by atoms with Crippen LogP contribution in [0.3, 0.4) is 0 Å². The molecule has 0 N–H and O–H groups in total. The quantitative estimate of drug-likeness (QED) is 0.628. The number of hydrogen-bond donors (Lipinski definition) is 0. The molecular formula is C20H23ClFNO5S. The summed E-state index contributed by atoms with van der Waals surface area (Å²) in [5, 5.41) is 0.296. The Morgan fingerprint density at radius 3 is 2.34 bits per heavy atom. The first-order valence-corrected chi connectivity index (χ1v) is 10.5. The molecule has 2 rings (SSSR count). The van der Waals surface area contributed by atoms with Gasteiger partial charge in [0.05, 0.1) is 4.90 Å². The Bertz CT molecular complexity index is 1020.